The van der Waals surface area contributed by atoms with E-state index in [1.165, 1.54) is 7.11 Å². The number of benzene rings is 1. The Labute approximate surface area is 95.4 Å². The number of aryl methyl sites for hydroxylation is 1. The second-order valence-electron chi connectivity index (χ2n) is 4.05. The standard InChI is InChI=1S/C13H16O3/c1-8(2)12(14)13(15)10-7-9(3)5-6-11(10)16-4/h5-8H,1-4H3. The Hall–Kier alpha value is -1.64. The van der Waals surface area contributed by atoms with Crippen LogP contribution in [0.3, 0.4) is 0 Å². The maximum absolute atomic E-state index is 11.9. The first-order valence-electron chi connectivity index (χ1n) is 5.20. The highest BCUT2D eigenvalue weighted by Crippen LogP contribution is 2.21. The number of carbonyl (C=O) groups excluding carboxylic acids is 2. The Balaban J connectivity index is 3.16. The second-order valence-corrected chi connectivity index (χ2v) is 4.05. The van der Waals surface area contributed by atoms with Crippen LogP contribution in [-0.4, -0.2) is 18.7 Å². The van der Waals surface area contributed by atoms with Crippen molar-refractivity contribution in [2.24, 2.45) is 5.92 Å². The molecule has 0 heterocycles. The topological polar surface area (TPSA) is 43.4 Å². The lowest BCUT2D eigenvalue weighted by Gasteiger charge is -2.09. The summed E-state index contributed by atoms with van der Waals surface area (Å²) in [5, 5.41) is 0. The van der Waals surface area contributed by atoms with E-state index in [0.29, 0.717) is 11.3 Å². The van der Waals surface area contributed by atoms with Crippen molar-refractivity contribution in [2.45, 2.75) is 20.8 Å². The van der Waals surface area contributed by atoms with E-state index < -0.39 is 5.78 Å². The van der Waals surface area contributed by atoms with Crippen molar-refractivity contribution in [3.8, 4) is 5.75 Å². The number of hydrogen-bond acceptors (Lipinski definition) is 3. The van der Waals surface area contributed by atoms with Crippen LogP contribution in [0.2, 0.25) is 0 Å². The molecule has 86 valence electrons. The quantitative estimate of drug-likeness (QED) is 0.578. The highest BCUT2D eigenvalue weighted by atomic mass is 16.5. The van der Waals surface area contributed by atoms with Crippen LogP contribution in [0.4, 0.5) is 0 Å². The van der Waals surface area contributed by atoms with Crippen LogP contribution in [0.15, 0.2) is 18.2 Å². The minimum Gasteiger partial charge on any atom is -0.496 e. The van der Waals surface area contributed by atoms with Gasteiger partial charge >= 0.3 is 0 Å². The summed E-state index contributed by atoms with van der Waals surface area (Å²) in [7, 11) is 1.49. The van der Waals surface area contributed by atoms with Crippen molar-refractivity contribution in [1.82, 2.24) is 0 Å². The van der Waals surface area contributed by atoms with E-state index in [-0.39, 0.29) is 11.7 Å². The first-order chi connectivity index (χ1) is 7.47. The molecule has 0 saturated carbocycles. The molecule has 0 unspecified atom stereocenters. The third-order valence-corrected chi connectivity index (χ3v) is 2.35. The SMILES string of the molecule is COc1ccc(C)cc1C(=O)C(=O)C(C)C. The fraction of sp³-hybridized carbons (Fsp3) is 0.385. The predicted molar refractivity (Wildman–Crippen MR) is 61.9 cm³/mol. The van der Waals surface area contributed by atoms with Crippen molar-refractivity contribution < 1.29 is 14.3 Å². The van der Waals surface area contributed by atoms with Crippen molar-refractivity contribution >= 4 is 11.6 Å². The third-order valence-electron chi connectivity index (χ3n) is 2.35. The Morgan fingerprint density at radius 3 is 2.38 bits per heavy atom. The van der Waals surface area contributed by atoms with Crippen LogP contribution in [-0.2, 0) is 4.79 Å². The average Bonchev–Trinajstić information content (AvgIpc) is 2.26. The van der Waals surface area contributed by atoms with Crippen LogP contribution in [0.5, 0.6) is 5.75 Å². The zero-order valence-corrected chi connectivity index (χ0v) is 10.0. The molecule has 0 bridgehead atoms. The van der Waals surface area contributed by atoms with Crippen molar-refractivity contribution in [2.75, 3.05) is 7.11 Å². The van der Waals surface area contributed by atoms with Gasteiger partial charge in [-0.3, -0.25) is 9.59 Å². The summed E-state index contributed by atoms with van der Waals surface area (Å²) >= 11 is 0. The largest absolute Gasteiger partial charge is 0.496 e. The molecular weight excluding hydrogens is 204 g/mol. The van der Waals surface area contributed by atoms with Gasteiger partial charge in [0.2, 0.25) is 11.6 Å². The number of hydrogen-bond donors (Lipinski definition) is 0. The highest BCUT2D eigenvalue weighted by Gasteiger charge is 2.22. The second kappa shape index (κ2) is 4.92. The fourth-order valence-electron chi connectivity index (χ4n) is 1.39. The number of ether oxygens (including phenoxy) is 1. The Morgan fingerprint density at radius 1 is 1.25 bits per heavy atom. The Morgan fingerprint density at radius 2 is 1.88 bits per heavy atom. The van der Waals surface area contributed by atoms with Crippen molar-refractivity contribution in [3.05, 3.63) is 29.3 Å². The van der Waals surface area contributed by atoms with E-state index in [1.54, 1.807) is 26.0 Å². The van der Waals surface area contributed by atoms with Crippen molar-refractivity contribution in [1.29, 1.82) is 0 Å². The molecule has 1 aromatic rings. The molecule has 0 aromatic heterocycles. The number of ketones is 2. The van der Waals surface area contributed by atoms with E-state index in [9.17, 15) is 9.59 Å². The molecule has 3 heteroatoms. The number of carbonyl (C=O) groups is 2. The summed E-state index contributed by atoms with van der Waals surface area (Å²) in [4.78, 5) is 23.5. The number of methoxy groups -OCH3 is 1. The van der Waals surface area contributed by atoms with Gasteiger partial charge in [-0.15, -0.1) is 0 Å². The van der Waals surface area contributed by atoms with Gasteiger partial charge in [-0.25, -0.2) is 0 Å². The minimum atomic E-state index is -0.476. The Kier molecular flexibility index (Phi) is 3.82. The summed E-state index contributed by atoms with van der Waals surface area (Å²) in [6.45, 7) is 5.29. The van der Waals surface area contributed by atoms with Gasteiger partial charge in [0.15, 0.2) is 0 Å². The van der Waals surface area contributed by atoms with Gasteiger partial charge < -0.3 is 4.74 Å². The molecule has 0 aliphatic rings. The van der Waals surface area contributed by atoms with E-state index in [4.69, 9.17) is 4.74 Å². The first-order valence-corrected chi connectivity index (χ1v) is 5.20. The van der Waals surface area contributed by atoms with E-state index >= 15 is 0 Å². The van der Waals surface area contributed by atoms with E-state index in [2.05, 4.69) is 0 Å². The molecule has 0 radical (unpaired) electrons. The summed E-state index contributed by atoms with van der Waals surface area (Å²) in [5.41, 5.74) is 1.28. The van der Waals surface area contributed by atoms with Crippen LogP contribution in [0, 0.1) is 12.8 Å². The maximum Gasteiger partial charge on any atom is 0.232 e. The van der Waals surface area contributed by atoms with E-state index in [1.807, 2.05) is 13.0 Å². The molecule has 16 heavy (non-hydrogen) atoms. The lowest BCUT2D eigenvalue weighted by atomic mass is 9.98. The maximum atomic E-state index is 11.9. The first kappa shape index (κ1) is 12.4. The molecule has 0 aliphatic carbocycles. The summed E-state index contributed by atoms with van der Waals surface area (Å²) in [6.07, 6.45) is 0. The van der Waals surface area contributed by atoms with Crippen LogP contribution in [0.1, 0.15) is 29.8 Å². The molecule has 0 N–H and O–H groups in total. The Bertz CT molecular complexity index is 419. The molecule has 3 nitrogen and oxygen atoms in total. The van der Waals surface area contributed by atoms with Gasteiger partial charge in [0.25, 0.3) is 0 Å². The van der Waals surface area contributed by atoms with Gasteiger partial charge in [-0.05, 0) is 19.1 Å². The number of rotatable bonds is 4. The van der Waals surface area contributed by atoms with Gasteiger partial charge in [0, 0.05) is 5.92 Å². The van der Waals surface area contributed by atoms with Gasteiger partial charge in [-0.1, -0.05) is 25.5 Å². The monoisotopic (exact) mass is 220 g/mol. The zero-order chi connectivity index (χ0) is 12.3. The molecule has 1 rings (SSSR count). The number of Topliss-reactive ketones (excluding diaryl/α,β-unsaturated/α-hetero) is 2. The highest BCUT2D eigenvalue weighted by molar-refractivity contribution is 6.44. The van der Waals surface area contributed by atoms with Crippen LogP contribution >= 0.6 is 0 Å². The molecule has 0 atom stereocenters. The molecule has 1 aromatic carbocycles. The normalized spacial score (nSPS) is 10.3. The van der Waals surface area contributed by atoms with Crippen molar-refractivity contribution in [3.63, 3.8) is 0 Å². The van der Waals surface area contributed by atoms with Gasteiger partial charge in [-0.2, -0.15) is 0 Å². The molecule has 0 spiro atoms. The summed E-state index contributed by atoms with van der Waals surface area (Å²) in [5.74, 6) is -0.707. The zero-order valence-electron chi connectivity index (χ0n) is 10.0. The molecule has 0 fully saturated rings. The fourth-order valence-corrected chi connectivity index (χ4v) is 1.39. The third kappa shape index (κ3) is 2.48. The molecule has 0 amide bonds. The van der Waals surface area contributed by atoms with Crippen LogP contribution in [0.25, 0.3) is 0 Å². The predicted octanol–water partition coefficient (Wildman–Crippen LogP) is 2.41. The average molecular weight is 220 g/mol. The molecule has 0 aliphatic heterocycles. The summed E-state index contributed by atoms with van der Waals surface area (Å²) < 4.78 is 5.08. The molecular formula is C13H16O3. The lowest BCUT2D eigenvalue weighted by molar-refractivity contribution is -0.117. The molecule has 0 saturated heterocycles. The summed E-state index contributed by atoms with van der Waals surface area (Å²) in [6, 6.07) is 5.23. The van der Waals surface area contributed by atoms with Gasteiger partial charge in [0.1, 0.15) is 5.75 Å². The van der Waals surface area contributed by atoms with Gasteiger partial charge in [0.05, 0.1) is 12.7 Å². The smallest absolute Gasteiger partial charge is 0.232 e. The minimum absolute atomic E-state index is 0.294. The van der Waals surface area contributed by atoms with E-state index in [0.717, 1.165) is 5.56 Å². The lowest BCUT2D eigenvalue weighted by Crippen LogP contribution is -2.20. The van der Waals surface area contributed by atoms with Crippen LogP contribution < -0.4 is 4.74 Å².